The lowest BCUT2D eigenvalue weighted by atomic mass is 10.0. The van der Waals surface area contributed by atoms with Crippen LogP contribution >= 0.6 is 0 Å². The number of guanidine groups is 1. The quantitative estimate of drug-likeness (QED) is 0.169. The van der Waals surface area contributed by atoms with Gasteiger partial charge in [-0.2, -0.15) is 4.91 Å². The van der Waals surface area contributed by atoms with E-state index in [1.54, 1.807) is 63.3 Å². The molecule has 0 saturated heterocycles. The zero-order valence-corrected chi connectivity index (χ0v) is 24.2. The molecule has 5 N–H and O–H groups in total. The first-order valence-electron chi connectivity index (χ1n) is 12.6. The summed E-state index contributed by atoms with van der Waals surface area (Å²) < 4.78 is 32.2. The van der Waals surface area contributed by atoms with Gasteiger partial charge in [0.1, 0.15) is 23.9 Å². The molecule has 1 aliphatic rings. The minimum Gasteiger partial charge on any atom is -0.444 e. The van der Waals surface area contributed by atoms with Gasteiger partial charge in [0, 0.05) is 12.2 Å². The van der Waals surface area contributed by atoms with E-state index in [-0.39, 0.29) is 18.2 Å². The number of alkyl carbamates (subject to hydrolysis) is 1. The highest BCUT2D eigenvalue weighted by molar-refractivity contribution is 7.88. The SMILES string of the molecule is CC(=NC(=O)C(CN=O)NS(=O)(=O)Cc1ccccc1)C(=O)NCC1=CC=C(N=C(N)NC(=O)OC(C)(C)C)CC1. The summed E-state index contributed by atoms with van der Waals surface area (Å²) in [4.78, 5) is 55.5. The van der Waals surface area contributed by atoms with Crippen molar-refractivity contribution in [2.75, 3.05) is 13.1 Å². The molecule has 222 valence electrons. The van der Waals surface area contributed by atoms with E-state index < -0.39 is 51.9 Å². The van der Waals surface area contributed by atoms with Crippen LogP contribution < -0.4 is 21.1 Å². The average molecular weight is 590 g/mol. The second-order valence-electron chi connectivity index (χ2n) is 10.1. The van der Waals surface area contributed by atoms with Crippen LogP contribution in [-0.2, 0) is 30.1 Å². The monoisotopic (exact) mass is 589 g/mol. The van der Waals surface area contributed by atoms with Gasteiger partial charge in [0.05, 0.1) is 5.75 Å². The number of ether oxygens (including phenoxy) is 1. The molecule has 0 aliphatic heterocycles. The van der Waals surface area contributed by atoms with E-state index in [2.05, 4.69) is 30.5 Å². The molecule has 41 heavy (non-hydrogen) atoms. The first kappa shape index (κ1) is 33.0. The highest BCUT2D eigenvalue weighted by atomic mass is 32.2. The van der Waals surface area contributed by atoms with Gasteiger partial charge in [0.2, 0.25) is 16.0 Å². The van der Waals surface area contributed by atoms with E-state index in [0.717, 1.165) is 5.57 Å². The standard InChI is InChI=1S/C26H35N7O7S/c1-17(30-23(35)21(15-29-37)33-41(38,39)16-19-8-6-5-7-9-19)22(34)28-14-18-10-12-20(13-11-18)31-24(27)32-25(36)40-26(2,3)4/h5-10,12,21,33H,11,13-16H2,1-4H3,(H,28,34)(H3,27,31,32,36). The van der Waals surface area contributed by atoms with Crippen molar-refractivity contribution in [3.63, 3.8) is 0 Å². The Labute approximate surface area is 238 Å². The molecule has 15 heteroatoms. The lowest BCUT2D eigenvalue weighted by Gasteiger charge is -2.19. The highest BCUT2D eigenvalue weighted by Gasteiger charge is 2.26. The fraction of sp³-hybridized carbons (Fsp3) is 0.423. The zero-order valence-electron chi connectivity index (χ0n) is 23.3. The Bertz CT molecular complexity index is 1360. The Balaban J connectivity index is 1.94. The number of allylic oxidation sites excluding steroid dienone is 3. The van der Waals surface area contributed by atoms with E-state index in [0.29, 0.717) is 24.1 Å². The Kier molecular flexibility index (Phi) is 12.0. The number of nitrogens with one attached hydrogen (secondary N) is 3. The normalized spacial score (nSPS) is 15.2. The van der Waals surface area contributed by atoms with Crippen LogP contribution in [0.1, 0.15) is 46.1 Å². The fourth-order valence-electron chi connectivity index (χ4n) is 3.41. The van der Waals surface area contributed by atoms with Gasteiger partial charge in [-0.1, -0.05) is 47.2 Å². The molecule has 0 fully saturated rings. The predicted molar refractivity (Wildman–Crippen MR) is 154 cm³/mol. The van der Waals surface area contributed by atoms with Crippen molar-refractivity contribution >= 4 is 39.6 Å². The highest BCUT2D eigenvalue weighted by Crippen LogP contribution is 2.18. The summed E-state index contributed by atoms with van der Waals surface area (Å²) in [5.41, 5.74) is 6.81. The molecule has 3 amide bonds. The second kappa shape index (κ2) is 14.9. The van der Waals surface area contributed by atoms with E-state index in [9.17, 15) is 27.7 Å². The molecule has 2 rings (SSSR count). The minimum atomic E-state index is -4.00. The molecule has 0 radical (unpaired) electrons. The molecule has 0 spiro atoms. The molecular weight excluding hydrogens is 554 g/mol. The molecule has 0 bridgehead atoms. The largest absolute Gasteiger partial charge is 0.444 e. The summed E-state index contributed by atoms with van der Waals surface area (Å²) in [6, 6.07) is 6.72. The topological polar surface area (TPSA) is 211 Å². The third-order valence-corrected chi connectivity index (χ3v) is 6.62. The Morgan fingerprint density at radius 3 is 2.37 bits per heavy atom. The van der Waals surface area contributed by atoms with Crippen molar-refractivity contribution in [2.24, 2.45) is 20.9 Å². The molecule has 1 aromatic carbocycles. The fourth-order valence-corrected chi connectivity index (χ4v) is 4.73. The van der Waals surface area contributed by atoms with Crippen LogP contribution in [0.25, 0.3) is 0 Å². The third kappa shape index (κ3) is 12.7. The van der Waals surface area contributed by atoms with E-state index >= 15 is 0 Å². The molecule has 14 nitrogen and oxygen atoms in total. The van der Waals surface area contributed by atoms with E-state index in [1.807, 2.05) is 0 Å². The van der Waals surface area contributed by atoms with Crippen LogP contribution in [0.3, 0.4) is 0 Å². The zero-order chi connectivity index (χ0) is 30.6. The number of hydrogen-bond donors (Lipinski definition) is 4. The summed E-state index contributed by atoms with van der Waals surface area (Å²) in [7, 11) is -4.00. The van der Waals surface area contributed by atoms with Crippen molar-refractivity contribution in [1.29, 1.82) is 0 Å². The lowest BCUT2D eigenvalue weighted by Crippen LogP contribution is -2.43. The minimum absolute atomic E-state index is 0.113. The second-order valence-corrected chi connectivity index (χ2v) is 11.8. The van der Waals surface area contributed by atoms with Crippen molar-refractivity contribution in [3.05, 3.63) is 64.2 Å². The van der Waals surface area contributed by atoms with Crippen LogP contribution in [0.15, 0.2) is 68.9 Å². The van der Waals surface area contributed by atoms with Crippen LogP contribution in [0.4, 0.5) is 4.79 Å². The summed E-state index contributed by atoms with van der Waals surface area (Å²) in [6.07, 6.45) is 3.75. The van der Waals surface area contributed by atoms with Gasteiger partial charge in [-0.25, -0.2) is 27.9 Å². The van der Waals surface area contributed by atoms with Gasteiger partial charge in [-0.15, -0.1) is 0 Å². The van der Waals surface area contributed by atoms with Crippen LogP contribution in [0, 0.1) is 4.91 Å². The third-order valence-electron chi connectivity index (χ3n) is 5.27. The maximum atomic E-state index is 12.6. The number of aliphatic imine (C=N–C) groups is 2. The number of nitroso groups, excluding NO2 is 1. The van der Waals surface area contributed by atoms with Crippen molar-refractivity contribution in [3.8, 4) is 0 Å². The number of amides is 3. The molecule has 0 aromatic heterocycles. The number of nitrogens with zero attached hydrogens (tertiary/aromatic N) is 3. The summed E-state index contributed by atoms with van der Waals surface area (Å²) in [5, 5.41) is 7.61. The van der Waals surface area contributed by atoms with Gasteiger partial charge < -0.3 is 15.8 Å². The van der Waals surface area contributed by atoms with Gasteiger partial charge in [-0.3, -0.25) is 14.9 Å². The summed E-state index contributed by atoms with van der Waals surface area (Å²) in [6.45, 7) is 5.93. The van der Waals surface area contributed by atoms with Gasteiger partial charge in [-0.05, 0) is 52.2 Å². The summed E-state index contributed by atoms with van der Waals surface area (Å²) in [5.74, 6) is -2.20. The molecule has 1 aliphatic carbocycles. The first-order chi connectivity index (χ1) is 19.2. The van der Waals surface area contributed by atoms with Gasteiger partial charge >= 0.3 is 6.09 Å². The number of rotatable bonds is 11. The summed E-state index contributed by atoms with van der Waals surface area (Å²) >= 11 is 0. The Morgan fingerprint density at radius 2 is 1.78 bits per heavy atom. The maximum absolute atomic E-state index is 12.6. The molecule has 1 unspecified atom stereocenters. The van der Waals surface area contributed by atoms with Gasteiger partial charge in [0.25, 0.3) is 11.8 Å². The maximum Gasteiger partial charge on any atom is 0.414 e. The molecule has 0 saturated carbocycles. The number of nitrogens with two attached hydrogens (primary N) is 1. The number of benzene rings is 1. The lowest BCUT2D eigenvalue weighted by molar-refractivity contribution is -0.120. The Hall–Kier alpha value is -4.24. The van der Waals surface area contributed by atoms with Crippen LogP contribution in [0.2, 0.25) is 0 Å². The number of sulfonamides is 1. The Morgan fingerprint density at radius 1 is 1.10 bits per heavy atom. The number of hydrogen-bond acceptors (Lipinski definition) is 9. The first-order valence-corrected chi connectivity index (χ1v) is 14.3. The average Bonchev–Trinajstić information content (AvgIpc) is 2.86. The van der Waals surface area contributed by atoms with Crippen LogP contribution in [-0.4, -0.2) is 62.7 Å². The molecule has 0 heterocycles. The predicted octanol–water partition coefficient (Wildman–Crippen LogP) is 1.79. The van der Waals surface area contributed by atoms with Crippen LogP contribution in [0.5, 0.6) is 0 Å². The number of carbonyl (C=O) groups is 3. The van der Waals surface area contributed by atoms with Gasteiger partial charge in [0.15, 0.2) is 0 Å². The molecular formula is C26H35N7O7S. The van der Waals surface area contributed by atoms with E-state index in [4.69, 9.17) is 10.5 Å². The smallest absolute Gasteiger partial charge is 0.414 e. The van der Waals surface area contributed by atoms with Crippen molar-refractivity contribution < 1.29 is 27.5 Å². The van der Waals surface area contributed by atoms with Crippen molar-refractivity contribution in [2.45, 2.75) is 57.9 Å². The number of carbonyl (C=O) groups excluding carboxylic acids is 3. The van der Waals surface area contributed by atoms with Crippen molar-refractivity contribution in [1.82, 2.24) is 15.4 Å². The van der Waals surface area contributed by atoms with E-state index in [1.165, 1.54) is 6.92 Å². The molecule has 1 aromatic rings. The molecule has 1 atom stereocenters.